The summed E-state index contributed by atoms with van der Waals surface area (Å²) in [6.45, 7) is 7.26. The summed E-state index contributed by atoms with van der Waals surface area (Å²) in [7, 11) is 0. The van der Waals surface area contributed by atoms with Gasteiger partial charge in [0.2, 0.25) is 11.8 Å². The van der Waals surface area contributed by atoms with Gasteiger partial charge in [-0.15, -0.1) is 0 Å². The van der Waals surface area contributed by atoms with Gasteiger partial charge in [0, 0.05) is 12.5 Å². The molecule has 0 unspecified atom stereocenters. The van der Waals surface area contributed by atoms with Crippen molar-refractivity contribution >= 4 is 17.9 Å². The lowest BCUT2D eigenvalue weighted by Crippen LogP contribution is -2.34. The molecule has 5 heteroatoms. The number of allylic oxidation sites excluding steroid dienone is 2. The minimum absolute atomic E-state index is 0.00561. The zero-order valence-electron chi connectivity index (χ0n) is 18.1. The molecule has 30 heavy (non-hydrogen) atoms. The van der Waals surface area contributed by atoms with E-state index in [9.17, 15) is 14.7 Å². The van der Waals surface area contributed by atoms with Gasteiger partial charge in [-0.05, 0) is 62.8 Å². The van der Waals surface area contributed by atoms with Crippen molar-refractivity contribution in [3.63, 3.8) is 0 Å². The summed E-state index contributed by atoms with van der Waals surface area (Å²) in [6, 6.07) is 7.24. The van der Waals surface area contributed by atoms with E-state index in [0.717, 1.165) is 24.8 Å². The lowest BCUT2D eigenvalue weighted by molar-refractivity contribution is -0.140. The van der Waals surface area contributed by atoms with Crippen molar-refractivity contribution in [1.82, 2.24) is 4.90 Å². The number of nitrogens with zero attached hydrogens (tertiary/aromatic N) is 1. The van der Waals surface area contributed by atoms with Gasteiger partial charge in [0.25, 0.3) is 0 Å². The lowest BCUT2D eigenvalue weighted by Gasteiger charge is -2.30. The molecule has 2 saturated heterocycles. The summed E-state index contributed by atoms with van der Waals surface area (Å²) >= 11 is 0. The van der Waals surface area contributed by atoms with Gasteiger partial charge in [-0.25, -0.2) is 0 Å². The van der Waals surface area contributed by atoms with Crippen LogP contribution in [0.15, 0.2) is 41.0 Å². The molecule has 0 aromatic heterocycles. The van der Waals surface area contributed by atoms with Crippen LogP contribution in [0.5, 0.6) is 5.75 Å². The minimum Gasteiger partial charge on any atom is -0.508 e. The first-order chi connectivity index (χ1) is 14.4. The Balaban J connectivity index is 1.47. The second-order valence-corrected chi connectivity index (χ2v) is 8.95. The molecule has 2 aliphatic heterocycles. The maximum atomic E-state index is 13.0. The van der Waals surface area contributed by atoms with Gasteiger partial charge in [-0.1, -0.05) is 36.3 Å². The number of carbonyl (C=O) groups excluding carboxylic acids is 2. The van der Waals surface area contributed by atoms with Crippen LogP contribution in [0.2, 0.25) is 0 Å². The normalized spacial score (nSPS) is 28.9. The summed E-state index contributed by atoms with van der Waals surface area (Å²) in [4.78, 5) is 27.3. The molecule has 0 saturated carbocycles. The number of fused-ring (bicyclic) bond motifs is 3. The first-order valence-corrected chi connectivity index (χ1v) is 11.0. The van der Waals surface area contributed by atoms with Crippen molar-refractivity contribution in [1.29, 1.82) is 0 Å². The van der Waals surface area contributed by atoms with Crippen LogP contribution in [0.1, 0.15) is 52.0 Å². The highest BCUT2D eigenvalue weighted by Gasteiger charge is 2.56. The number of ether oxygens (including phenoxy) is 1. The number of phenolic OH excluding ortho intramolecular Hbond substituents is 1. The first-order valence-electron chi connectivity index (χ1n) is 11.0. The third-order valence-electron chi connectivity index (χ3n) is 6.77. The van der Waals surface area contributed by atoms with Gasteiger partial charge in [-0.2, -0.15) is 0 Å². The van der Waals surface area contributed by atoms with Crippen molar-refractivity contribution in [2.75, 3.05) is 13.2 Å². The van der Waals surface area contributed by atoms with Gasteiger partial charge in [-0.3, -0.25) is 14.5 Å². The van der Waals surface area contributed by atoms with E-state index in [4.69, 9.17) is 4.74 Å². The highest BCUT2D eigenvalue weighted by molar-refractivity contribution is 6.05. The fraction of sp³-hybridized carbons (Fsp3) is 0.520. The Bertz CT molecular complexity index is 915. The molecule has 2 heterocycles. The molecule has 2 amide bonds. The Labute approximate surface area is 178 Å². The van der Waals surface area contributed by atoms with Crippen LogP contribution < -0.4 is 0 Å². The monoisotopic (exact) mass is 409 g/mol. The van der Waals surface area contributed by atoms with E-state index in [0.29, 0.717) is 19.6 Å². The zero-order chi connectivity index (χ0) is 21.4. The highest BCUT2D eigenvalue weighted by Crippen LogP contribution is 2.49. The molecule has 5 nitrogen and oxygen atoms in total. The molecular weight excluding hydrogens is 378 g/mol. The van der Waals surface area contributed by atoms with Gasteiger partial charge in [0.05, 0.1) is 24.5 Å². The molecule has 0 spiro atoms. The number of amides is 2. The minimum atomic E-state index is -0.239. The van der Waals surface area contributed by atoms with Crippen LogP contribution in [0.25, 0.3) is 6.08 Å². The largest absolute Gasteiger partial charge is 0.508 e. The smallest absolute Gasteiger partial charge is 0.233 e. The van der Waals surface area contributed by atoms with Crippen LogP contribution in [-0.4, -0.2) is 41.1 Å². The number of aromatic hydroxyl groups is 1. The summed E-state index contributed by atoms with van der Waals surface area (Å²) in [5, 5.41) is 9.64. The molecule has 2 fully saturated rings. The van der Waals surface area contributed by atoms with E-state index in [1.807, 2.05) is 19.1 Å². The third kappa shape index (κ3) is 3.71. The lowest BCUT2D eigenvalue weighted by atomic mass is 9.70. The summed E-state index contributed by atoms with van der Waals surface area (Å²) in [5.41, 5.74) is 4.71. The van der Waals surface area contributed by atoms with Crippen LogP contribution in [0.3, 0.4) is 0 Å². The molecule has 160 valence electrons. The summed E-state index contributed by atoms with van der Waals surface area (Å²) < 4.78 is 6.17. The van der Waals surface area contributed by atoms with Gasteiger partial charge < -0.3 is 9.84 Å². The third-order valence-corrected chi connectivity index (χ3v) is 6.77. The number of phenols is 1. The zero-order valence-corrected chi connectivity index (χ0v) is 18.1. The fourth-order valence-electron chi connectivity index (χ4n) is 5.47. The Hall–Kier alpha value is -2.40. The van der Waals surface area contributed by atoms with Gasteiger partial charge >= 0.3 is 0 Å². The van der Waals surface area contributed by atoms with E-state index >= 15 is 0 Å². The standard InChI is InChI=1S/C25H31NO4/c1-4-10-26-24(28)19-12-16(3)22-20(23(19)25(26)29)14-30-21(22)9-8-15(2)11-17-6-5-7-18(27)13-17/h5-7,11,13,19-21,23,27H,4,8-10,12,14H2,1-3H3/b15-11+/t19-,20+,21-,23-/m1/s1. The van der Waals surface area contributed by atoms with Crippen molar-refractivity contribution in [2.45, 2.75) is 52.6 Å². The van der Waals surface area contributed by atoms with Gasteiger partial charge in [0.1, 0.15) is 5.75 Å². The second kappa shape index (κ2) is 8.38. The van der Waals surface area contributed by atoms with E-state index < -0.39 is 0 Å². The number of likely N-dealkylation sites (tertiary alicyclic amines) is 1. The number of hydrogen-bond donors (Lipinski definition) is 1. The Morgan fingerprint density at radius 1 is 1.27 bits per heavy atom. The molecule has 1 aliphatic carbocycles. The van der Waals surface area contributed by atoms with Crippen LogP contribution >= 0.6 is 0 Å². The topological polar surface area (TPSA) is 66.8 Å². The second-order valence-electron chi connectivity index (χ2n) is 8.95. The van der Waals surface area contributed by atoms with Crippen molar-refractivity contribution in [2.24, 2.45) is 17.8 Å². The number of hydrogen-bond acceptors (Lipinski definition) is 4. The van der Waals surface area contributed by atoms with E-state index in [-0.39, 0.29) is 41.4 Å². The van der Waals surface area contributed by atoms with Crippen LogP contribution in [0, 0.1) is 17.8 Å². The number of rotatable bonds is 6. The number of imide groups is 1. The quantitative estimate of drug-likeness (QED) is 0.561. The SMILES string of the molecule is CCCN1C(=O)[C@@H]2[C@@H](CC(C)=C3[C@@H](CC/C(C)=C/c4cccc(O)c4)OC[C@@H]32)C1=O. The Morgan fingerprint density at radius 2 is 2.07 bits per heavy atom. The predicted molar refractivity (Wildman–Crippen MR) is 116 cm³/mol. The van der Waals surface area contributed by atoms with Crippen LogP contribution in [0.4, 0.5) is 0 Å². The maximum Gasteiger partial charge on any atom is 0.233 e. The molecule has 4 atom stereocenters. The summed E-state index contributed by atoms with van der Waals surface area (Å²) in [5.74, 6) is -0.111. The fourth-order valence-corrected chi connectivity index (χ4v) is 5.47. The summed E-state index contributed by atoms with van der Waals surface area (Å²) in [6.07, 6.45) is 5.33. The molecule has 4 rings (SSSR count). The Morgan fingerprint density at radius 3 is 2.80 bits per heavy atom. The van der Waals surface area contributed by atoms with Crippen molar-refractivity contribution in [3.8, 4) is 5.75 Å². The molecule has 1 aromatic carbocycles. The molecule has 1 aromatic rings. The van der Waals surface area contributed by atoms with E-state index in [2.05, 4.69) is 19.9 Å². The molecule has 0 bridgehead atoms. The predicted octanol–water partition coefficient (Wildman–Crippen LogP) is 4.32. The molecule has 0 radical (unpaired) electrons. The van der Waals surface area contributed by atoms with Gasteiger partial charge in [0.15, 0.2) is 0 Å². The van der Waals surface area contributed by atoms with E-state index in [1.165, 1.54) is 21.6 Å². The average Bonchev–Trinajstić information content (AvgIpc) is 3.22. The van der Waals surface area contributed by atoms with E-state index in [1.54, 1.807) is 12.1 Å². The first kappa shape index (κ1) is 20.9. The van der Waals surface area contributed by atoms with Crippen LogP contribution in [-0.2, 0) is 14.3 Å². The average molecular weight is 410 g/mol. The number of benzene rings is 1. The highest BCUT2D eigenvalue weighted by atomic mass is 16.5. The molecule has 3 aliphatic rings. The van der Waals surface area contributed by atoms with Crippen molar-refractivity contribution in [3.05, 3.63) is 46.5 Å². The Kier molecular flexibility index (Phi) is 5.83. The molecular formula is C25H31NO4. The van der Waals surface area contributed by atoms with Crippen molar-refractivity contribution < 1.29 is 19.4 Å². The number of carbonyl (C=O) groups is 2. The molecule has 1 N–H and O–H groups in total. The maximum absolute atomic E-state index is 13.0.